The largest absolute Gasteiger partial charge is 0.435 e. The van der Waals surface area contributed by atoms with Gasteiger partial charge >= 0.3 is 6.61 Å². The van der Waals surface area contributed by atoms with Crippen LogP contribution in [0.1, 0.15) is 45.9 Å². The molecule has 0 fully saturated rings. The van der Waals surface area contributed by atoms with E-state index in [1.807, 2.05) is 0 Å². The predicted octanol–water partition coefficient (Wildman–Crippen LogP) is 4.25. The topological polar surface area (TPSA) is 62.1 Å². The van der Waals surface area contributed by atoms with Gasteiger partial charge in [-0.1, -0.05) is 6.07 Å². The average molecular weight is 378 g/mol. The molecule has 27 heavy (non-hydrogen) atoms. The molecular formula is C19H14F4N2O2. The van der Waals surface area contributed by atoms with Gasteiger partial charge in [-0.2, -0.15) is 14.0 Å². The summed E-state index contributed by atoms with van der Waals surface area (Å²) < 4.78 is 57.1. The first-order valence-electron chi connectivity index (χ1n) is 8.16. The molecule has 3 rings (SSSR count). The van der Waals surface area contributed by atoms with Crippen LogP contribution in [0, 0.1) is 23.0 Å². The van der Waals surface area contributed by atoms with Gasteiger partial charge in [-0.3, -0.25) is 4.79 Å². The Morgan fingerprint density at radius 3 is 2.56 bits per heavy atom. The second-order valence-corrected chi connectivity index (χ2v) is 6.08. The van der Waals surface area contributed by atoms with Crippen molar-refractivity contribution in [1.29, 1.82) is 5.26 Å². The Kier molecular flexibility index (Phi) is 5.31. The summed E-state index contributed by atoms with van der Waals surface area (Å²) in [6.45, 7) is -2.94. The molecule has 0 unspecified atom stereocenters. The maximum absolute atomic E-state index is 14.0. The molecule has 2 aromatic carbocycles. The Morgan fingerprint density at radius 1 is 1.22 bits per heavy atom. The van der Waals surface area contributed by atoms with E-state index in [1.165, 1.54) is 12.1 Å². The molecule has 0 spiro atoms. The van der Waals surface area contributed by atoms with E-state index in [1.54, 1.807) is 12.1 Å². The maximum atomic E-state index is 14.0. The van der Waals surface area contributed by atoms with E-state index in [2.05, 4.69) is 10.1 Å². The lowest BCUT2D eigenvalue weighted by molar-refractivity contribution is -0.0499. The second kappa shape index (κ2) is 7.66. The third-order valence-electron chi connectivity index (χ3n) is 4.36. The van der Waals surface area contributed by atoms with E-state index in [-0.39, 0.29) is 11.3 Å². The van der Waals surface area contributed by atoms with Crippen molar-refractivity contribution in [3.05, 3.63) is 64.2 Å². The number of nitrogens with zero attached hydrogens (tertiary/aromatic N) is 1. The summed E-state index contributed by atoms with van der Waals surface area (Å²) in [5, 5.41) is 11.3. The van der Waals surface area contributed by atoms with E-state index in [9.17, 15) is 22.4 Å². The first-order chi connectivity index (χ1) is 12.9. The highest BCUT2D eigenvalue weighted by Gasteiger charge is 2.26. The van der Waals surface area contributed by atoms with Gasteiger partial charge in [0, 0.05) is 0 Å². The first-order valence-corrected chi connectivity index (χ1v) is 8.16. The zero-order chi connectivity index (χ0) is 19.6. The van der Waals surface area contributed by atoms with Crippen LogP contribution < -0.4 is 10.1 Å². The maximum Gasteiger partial charge on any atom is 0.387 e. The lowest BCUT2D eigenvalue weighted by Gasteiger charge is -2.27. The monoisotopic (exact) mass is 378 g/mol. The number of ether oxygens (including phenoxy) is 1. The molecule has 1 amide bonds. The SMILES string of the molecule is N#Cc1cc(F)c(C(=O)N[C@H]2CCCc3cc(OC(F)F)ccc32)c(F)c1. The number of halogens is 4. The van der Waals surface area contributed by atoms with Crippen molar-refractivity contribution in [3.63, 3.8) is 0 Å². The Balaban J connectivity index is 1.84. The molecule has 0 saturated carbocycles. The van der Waals surface area contributed by atoms with E-state index in [0.29, 0.717) is 24.8 Å². The van der Waals surface area contributed by atoms with Crippen molar-refractivity contribution in [2.45, 2.75) is 31.9 Å². The highest BCUT2D eigenvalue weighted by molar-refractivity contribution is 5.95. The fourth-order valence-corrected chi connectivity index (χ4v) is 3.20. The van der Waals surface area contributed by atoms with Crippen LogP contribution in [0.25, 0.3) is 0 Å². The van der Waals surface area contributed by atoms with Crippen LogP contribution in [0.15, 0.2) is 30.3 Å². The van der Waals surface area contributed by atoms with Gasteiger partial charge in [-0.25, -0.2) is 8.78 Å². The van der Waals surface area contributed by atoms with Gasteiger partial charge in [0.25, 0.3) is 5.91 Å². The number of carbonyl (C=O) groups is 1. The van der Waals surface area contributed by atoms with Crippen molar-refractivity contribution in [3.8, 4) is 11.8 Å². The van der Waals surface area contributed by atoms with Crippen LogP contribution >= 0.6 is 0 Å². The van der Waals surface area contributed by atoms with Gasteiger partial charge < -0.3 is 10.1 Å². The molecule has 1 atom stereocenters. The minimum atomic E-state index is -2.94. The highest BCUT2D eigenvalue weighted by Crippen LogP contribution is 2.33. The number of fused-ring (bicyclic) bond motifs is 1. The Labute approximate surface area is 152 Å². The van der Waals surface area contributed by atoms with Crippen LogP contribution in [0.5, 0.6) is 5.75 Å². The van der Waals surface area contributed by atoms with Crippen LogP contribution in [-0.4, -0.2) is 12.5 Å². The first kappa shape index (κ1) is 18.7. The lowest BCUT2D eigenvalue weighted by atomic mass is 9.87. The van der Waals surface area contributed by atoms with Crippen LogP contribution in [-0.2, 0) is 6.42 Å². The normalized spacial score (nSPS) is 15.8. The fraction of sp³-hybridized carbons (Fsp3) is 0.263. The van der Waals surface area contributed by atoms with E-state index in [4.69, 9.17) is 5.26 Å². The Hall–Kier alpha value is -3.08. The quantitative estimate of drug-likeness (QED) is 0.810. The molecule has 1 aliphatic rings. The number of alkyl halides is 2. The number of hydrogen-bond donors (Lipinski definition) is 1. The summed E-state index contributed by atoms with van der Waals surface area (Å²) in [6.07, 6.45) is 1.81. The molecule has 0 aliphatic heterocycles. The molecule has 0 heterocycles. The van der Waals surface area contributed by atoms with E-state index < -0.39 is 35.8 Å². The zero-order valence-corrected chi connectivity index (χ0v) is 13.9. The van der Waals surface area contributed by atoms with Gasteiger partial charge in [-0.15, -0.1) is 0 Å². The summed E-state index contributed by atoms with van der Waals surface area (Å²) in [7, 11) is 0. The Morgan fingerprint density at radius 2 is 1.93 bits per heavy atom. The van der Waals surface area contributed by atoms with Gasteiger partial charge in [0.1, 0.15) is 22.9 Å². The van der Waals surface area contributed by atoms with Gasteiger partial charge in [0.15, 0.2) is 0 Å². The molecule has 8 heteroatoms. The number of amides is 1. The summed E-state index contributed by atoms with van der Waals surface area (Å²) in [4.78, 5) is 12.4. The molecule has 0 bridgehead atoms. The lowest BCUT2D eigenvalue weighted by Crippen LogP contribution is -2.32. The number of rotatable bonds is 4. The minimum Gasteiger partial charge on any atom is -0.435 e. The molecular weight excluding hydrogens is 364 g/mol. The predicted molar refractivity (Wildman–Crippen MR) is 87.3 cm³/mol. The number of nitriles is 1. The molecule has 1 aliphatic carbocycles. The van der Waals surface area contributed by atoms with Crippen molar-refractivity contribution in [2.24, 2.45) is 0 Å². The molecule has 0 saturated heterocycles. The number of aryl methyl sites for hydroxylation is 1. The average Bonchev–Trinajstić information content (AvgIpc) is 2.60. The number of benzene rings is 2. The second-order valence-electron chi connectivity index (χ2n) is 6.08. The minimum absolute atomic E-state index is 0.0138. The fourth-order valence-electron chi connectivity index (χ4n) is 3.20. The molecule has 4 nitrogen and oxygen atoms in total. The van der Waals surface area contributed by atoms with Gasteiger partial charge in [0.2, 0.25) is 0 Å². The highest BCUT2D eigenvalue weighted by atomic mass is 19.3. The van der Waals surface area contributed by atoms with Gasteiger partial charge in [0.05, 0.1) is 17.7 Å². The molecule has 140 valence electrons. The smallest absolute Gasteiger partial charge is 0.387 e. The van der Waals surface area contributed by atoms with Gasteiger partial charge in [-0.05, 0) is 54.7 Å². The summed E-state index contributed by atoms with van der Waals surface area (Å²) in [6, 6.07) is 7.07. The summed E-state index contributed by atoms with van der Waals surface area (Å²) in [5.41, 5.74) is 0.422. The van der Waals surface area contributed by atoms with Crippen molar-refractivity contribution >= 4 is 5.91 Å². The van der Waals surface area contributed by atoms with Crippen molar-refractivity contribution in [2.75, 3.05) is 0 Å². The molecule has 0 aromatic heterocycles. The third kappa shape index (κ3) is 4.03. The van der Waals surface area contributed by atoms with Crippen LogP contribution in [0.4, 0.5) is 17.6 Å². The number of hydrogen-bond acceptors (Lipinski definition) is 3. The van der Waals surface area contributed by atoms with Crippen LogP contribution in [0.2, 0.25) is 0 Å². The van der Waals surface area contributed by atoms with E-state index in [0.717, 1.165) is 17.7 Å². The third-order valence-corrected chi connectivity index (χ3v) is 4.36. The molecule has 1 N–H and O–H groups in total. The number of carbonyl (C=O) groups excluding carboxylic acids is 1. The van der Waals surface area contributed by atoms with Crippen LogP contribution in [0.3, 0.4) is 0 Å². The Bertz CT molecular complexity index is 901. The zero-order valence-electron chi connectivity index (χ0n) is 13.9. The van der Waals surface area contributed by atoms with Crippen molar-refractivity contribution < 1.29 is 27.1 Å². The molecule has 0 radical (unpaired) electrons. The summed E-state index contributed by atoms with van der Waals surface area (Å²) in [5.74, 6) is -3.18. The van der Waals surface area contributed by atoms with Crippen molar-refractivity contribution in [1.82, 2.24) is 5.32 Å². The standard InChI is InChI=1S/C19H14F4N2O2/c20-14-6-10(9-24)7-15(21)17(14)18(26)25-16-3-1-2-11-8-12(27-19(22)23)4-5-13(11)16/h4-8,16,19H,1-3H2,(H,25,26)/t16-/m0/s1. The number of nitrogens with one attached hydrogen (secondary N) is 1. The van der Waals surface area contributed by atoms with E-state index >= 15 is 0 Å². The molecule has 2 aromatic rings. The summed E-state index contributed by atoms with van der Waals surface area (Å²) >= 11 is 0.